The van der Waals surface area contributed by atoms with E-state index in [-0.39, 0.29) is 11.8 Å². The average molecular weight is 279 g/mol. The Bertz CT molecular complexity index is 499. The summed E-state index contributed by atoms with van der Waals surface area (Å²) in [4.78, 5) is 26.8. The van der Waals surface area contributed by atoms with E-state index < -0.39 is 5.97 Å². The van der Waals surface area contributed by atoms with E-state index in [9.17, 15) is 9.59 Å². The summed E-state index contributed by atoms with van der Waals surface area (Å²) in [6.07, 6.45) is 4.50. The summed E-state index contributed by atoms with van der Waals surface area (Å²) in [6, 6.07) is 4.01. The Morgan fingerprint density at radius 2 is 2.05 bits per heavy atom. The molecule has 1 aliphatic heterocycles. The SMILES string of the molecule is Cc1ccc(/C=C/C(=O)N2CCC(C(=O)O)CC2)s1. The molecule has 0 spiro atoms. The highest BCUT2D eigenvalue weighted by Gasteiger charge is 2.25. The molecule has 19 heavy (non-hydrogen) atoms. The van der Waals surface area contributed by atoms with E-state index in [1.165, 1.54) is 4.88 Å². The zero-order valence-electron chi connectivity index (χ0n) is 10.8. The van der Waals surface area contributed by atoms with Gasteiger partial charge < -0.3 is 10.0 Å². The number of aliphatic carboxylic acids is 1. The Hall–Kier alpha value is -1.62. The lowest BCUT2D eigenvalue weighted by Crippen LogP contribution is -2.39. The molecule has 0 radical (unpaired) electrons. The summed E-state index contributed by atoms with van der Waals surface area (Å²) in [5, 5.41) is 8.90. The molecule has 0 saturated carbocycles. The van der Waals surface area contributed by atoms with Crippen LogP contribution in [0.15, 0.2) is 18.2 Å². The second-order valence-electron chi connectivity index (χ2n) is 4.72. The van der Waals surface area contributed by atoms with Gasteiger partial charge in [-0.1, -0.05) is 0 Å². The first-order valence-corrected chi connectivity index (χ1v) is 7.14. The number of hydrogen-bond acceptors (Lipinski definition) is 3. The maximum Gasteiger partial charge on any atom is 0.306 e. The van der Waals surface area contributed by atoms with E-state index in [4.69, 9.17) is 5.11 Å². The molecule has 1 aromatic rings. The van der Waals surface area contributed by atoms with Crippen molar-refractivity contribution in [3.63, 3.8) is 0 Å². The molecule has 2 heterocycles. The number of carbonyl (C=O) groups excluding carboxylic acids is 1. The number of aryl methyl sites for hydroxylation is 1. The van der Waals surface area contributed by atoms with Gasteiger partial charge in [-0.15, -0.1) is 11.3 Å². The van der Waals surface area contributed by atoms with Gasteiger partial charge in [0.25, 0.3) is 0 Å². The number of hydrogen-bond donors (Lipinski definition) is 1. The minimum atomic E-state index is -0.753. The van der Waals surface area contributed by atoms with Gasteiger partial charge >= 0.3 is 5.97 Å². The molecule has 1 aliphatic rings. The molecule has 0 atom stereocenters. The predicted octanol–water partition coefficient (Wildman–Crippen LogP) is 2.39. The van der Waals surface area contributed by atoms with E-state index >= 15 is 0 Å². The van der Waals surface area contributed by atoms with Gasteiger partial charge in [-0.2, -0.15) is 0 Å². The molecule has 5 heteroatoms. The second kappa shape index (κ2) is 6.02. The number of thiophene rings is 1. The minimum Gasteiger partial charge on any atom is -0.481 e. The average Bonchev–Trinajstić information content (AvgIpc) is 2.82. The molecule has 102 valence electrons. The fourth-order valence-electron chi connectivity index (χ4n) is 2.15. The van der Waals surface area contributed by atoms with Crippen LogP contribution in [-0.2, 0) is 9.59 Å². The van der Waals surface area contributed by atoms with E-state index in [0.29, 0.717) is 25.9 Å². The van der Waals surface area contributed by atoms with E-state index in [0.717, 1.165) is 4.88 Å². The van der Waals surface area contributed by atoms with Gasteiger partial charge in [0.05, 0.1) is 5.92 Å². The quantitative estimate of drug-likeness (QED) is 0.864. The van der Waals surface area contributed by atoms with Crippen molar-refractivity contribution in [1.29, 1.82) is 0 Å². The monoisotopic (exact) mass is 279 g/mol. The lowest BCUT2D eigenvalue weighted by molar-refractivity contribution is -0.144. The maximum absolute atomic E-state index is 12.0. The van der Waals surface area contributed by atoms with Crippen LogP contribution in [0.2, 0.25) is 0 Å². The predicted molar refractivity (Wildman–Crippen MR) is 75.0 cm³/mol. The topological polar surface area (TPSA) is 57.6 Å². The lowest BCUT2D eigenvalue weighted by Gasteiger charge is -2.29. The van der Waals surface area contributed by atoms with Crippen LogP contribution in [0.3, 0.4) is 0 Å². The fraction of sp³-hybridized carbons (Fsp3) is 0.429. The van der Waals surface area contributed by atoms with Crippen molar-refractivity contribution in [2.75, 3.05) is 13.1 Å². The van der Waals surface area contributed by atoms with Crippen molar-refractivity contribution in [2.45, 2.75) is 19.8 Å². The summed E-state index contributed by atoms with van der Waals surface area (Å²) in [6.45, 7) is 3.09. The largest absolute Gasteiger partial charge is 0.481 e. The van der Waals surface area contributed by atoms with Crippen LogP contribution < -0.4 is 0 Å². The molecule has 1 amide bonds. The third-order valence-electron chi connectivity index (χ3n) is 3.31. The van der Waals surface area contributed by atoms with Crippen molar-refractivity contribution in [2.24, 2.45) is 5.92 Å². The second-order valence-corrected chi connectivity index (χ2v) is 6.04. The van der Waals surface area contributed by atoms with Crippen molar-refractivity contribution in [3.05, 3.63) is 28.0 Å². The summed E-state index contributed by atoms with van der Waals surface area (Å²) < 4.78 is 0. The third kappa shape index (κ3) is 3.67. The van der Waals surface area contributed by atoms with Crippen LogP contribution in [0.5, 0.6) is 0 Å². The number of carboxylic acid groups (broad SMARTS) is 1. The van der Waals surface area contributed by atoms with Crippen molar-refractivity contribution in [1.82, 2.24) is 4.90 Å². The molecule has 4 nitrogen and oxygen atoms in total. The van der Waals surface area contributed by atoms with Gasteiger partial charge in [0, 0.05) is 28.9 Å². The molecule has 1 aromatic heterocycles. The van der Waals surface area contributed by atoms with Crippen LogP contribution in [0.25, 0.3) is 6.08 Å². The van der Waals surface area contributed by atoms with Crippen LogP contribution in [-0.4, -0.2) is 35.0 Å². The summed E-state index contributed by atoms with van der Waals surface area (Å²) in [5.74, 6) is -1.08. The van der Waals surface area contributed by atoms with Crippen LogP contribution in [0.1, 0.15) is 22.6 Å². The first-order chi connectivity index (χ1) is 9.06. The molecule has 0 unspecified atom stereocenters. The summed E-state index contributed by atoms with van der Waals surface area (Å²) in [5.41, 5.74) is 0. The number of piperidine rings is 1. The normalized spacial score (nSPS) is 17.0. The smallest absolute Gasteiger partial charge is 0.306 e. The highest BCUT2D eigenvalue weighted by Crippen LogP contribution is 2.19. The minimum absolute atomic E-state index is 0.0325. The molecule has 1 N–H and O–H groups in total. The zero-order chi connectivity index (χ0) is 13.8. The Labute approximate surface area is 116 Å². The van der Waals surface area contributed by atoms with Gasteiger partial charge in [0.1, 0.15) is 0 Å². The van der Waals surface area contributed by atoms with Crippen molar-refractivity contribution in [3.8, 4) is 0 Å². The highest BCUT2D eigenvalue weighted by atomic mass is 32.1. The number of nitrogens with zero attached hydrogens (tertiary/aromatic N) is 1. The van der Waals surface area contributed by atoms with Gasteiger partial charge in [-0.3, -0.25) is 9.59 Å². The van der Waals surface area contributed by atoms with Gasteiger partial charge in [0.15, 0.2) is 0 Å². The van der Waals surface area contributed by atoms with Crippen molar-refractivity contribution >= 4 is 29.3 Å². The first kappa shape index (κ1) is 13.8. The van der Waals surface area contributed by atoms with Crippen LogP contribution in [0.4, 0.5) is 0 Å². The number of rotatable bonds is 3. The molecule has 2 rings (SSSR count). The molecular formula is C14H17NO3S. The number of amides is 1. The summed E-state index contributed by atoms with van der Waals surface area (Å²) >= 11 is 1.65. The van der Waals surface area contributed by atoms with Crippen LogP contribution >= 0.6 is 11.3 Å². The standard InChI is InChI=1S/C14H17NO3S/c1-10-2-3-12(19-10)4-5-13(16)15-8-6-11(7-9-15)14(17)18/h2-5,11H,6-9H2,1H3,(H,17,18)/b5-4+. The number of carboxylic acids is 1. The molecule has 0 aromatic carbocycles. The van der Waals surface area contributed by atoms with Crippen LogP contribution in [0, 0.1) is 12.8 Å². The Morgan fingerprint density at radius 1 is 1.37 bits per heavy atom. The van der Waals surface area contributed by atoms with Gasteiger partial charge in [-0.05, 0) is 38.0 Å². The molecule has 0 aliphatic carbocycles. The molecule has 1 saturated heterocycles. The van der Waals surface area contributed by atoms with Gasteiger partial charge in [-0.25, -0.2) is 0 Å². The third-order valence-corrected chi connectivity index (χ3v) is 4.27. The number of carbonyl (C=O) groups is 2. The van der Waals surface area contributed by atoms with Gasteiger partial charge in [0.2, 0.25) is 5.91 Å². The molecule has 1 fully saturated rings. The number of likely N-dealkylation sites (tertiary alicyclic amines) is 1. The molecular weight excluding hydrogens is 262 g/mol. The zero-order valence-corrected chi connectivity index (χ0v) is 11.7. The first-order valence-electron chi connectivity index (χ1n) is 6.32. The Balaban J connectivity index is 1.88. The lowest BCUT2D eigenvalue weighted by atomic mass is 9.97. The van der Waals surface area contributed by atoms with E-state index in [1.54, 1.807) is 22.3 Å². The van der Waals surface area contributed by atoms with E-state index in [2.05, 4.69) is 0 Å². The molecule has 0 bridgehead atoms. The van der Waals surface area contributed by atoms with E-state index in [1.807, 2.05) is 25.1 Å². The van der Waals surface area contributed by atoms with Crippen molar-refractivity contribution < 1.29 is 14.7 Å². The fourth-order valence-corrected chi connectivity index (χ4v) is 2.93. The highest BCUT2D eigenvalue weighted by molar-refractivity contribution is 7.12. The maximum atomic E-state index is 12.0. The Kier molecular flexibility index (Phi) is 4.37. The Morgan fingerprint density at radius 3 is 2.58 bits per heavy atom. The summed E-state index contributed by atoms with van der Waals surface area (Å²) in [7, 11) is 0.